The van der Waals surface area contributed by atoms with Crippen molar-refractivity contribution in [3.63, 3.8) is 0 Å². The van der Waals surface area contributed by atoms with Gasteiger partial charge in [-0.05, 0) is 24.5 Å². The van der Waals surface area contributed by atoms with Crippen molar-refractivity contribution in [3.8, 4) is 12.3 Å². The van der Waals surface area contributed by atoms with Crippen LogP contribution in [-0.2, 0) is 0 Å². The second-order valence-corrected chi connectivity index (χ2v) is 4.64. The van der Waals surface area contributed by atoms with Crippen LogP contribution in [0.2, 0.25) is 0 Å². The van der Waals surface area contributed by atoms with E-state index in [1.54, 1.807) is 0 Å². The van der Waals surface area contributed by atoms with Gasteiger partial charge in [0.2, 0.25) is 0 Å². The number of benzene rings is 1. The van der Waals surface area contributed by atoms with Crippen molar-refractivity contribution in [2.24, 2.45) is 5.92 Å². The number of terminal acetylenes is 1. The molecule has 0 unspecified atom stereocenters. The minimum Gasteiger partial charge on any atom is -0.115 e. The third kappa shape index (κ3) is 7.64. The Morgan fingerprint density at radius 2 is 1.65 bits per heavy atom. The molecule has 1 aromatic rings. The molecule has 1 aromatic carbocycles. The Hall–Kier alpha value is -1.22. The van der Waals surface area contributed by atoms with Gasteiger partial charge < -0.3 is 0 Å². The summed E-state index contributed by atoms with van der Waals surface area (Å²) in [5, 5.41) is 0. The van der Waals surface area contributed by atoms with Crippen molar-refractivity contribution in [2.45, 2.75) is 53.4 Å². The SMILES string of the molecule is C#Cc1ccccc1C.CCCC(C)CCC. The summed E-state index contributed by atoms with van der Waals surface area (Å²) >= 11 is 0. The predicted molar refractivity (Wildman–Crippen MR) is 78.1 cm³/mol. The fourth-order valence-corrected chi connectivity index (χ4v) is 1.86. The normalized spacial score (nSPS) is 9.41. The van der Waals surface area contributed by atoms with Crippen LogP contribution in [0.25, 0.3) is 0 Å². The second kappa shape index (κ2) is 9.97. The lowest BCUT2D eigenvalue weighted by molar-refractivity contribution is 0.480. The van der Waals surface area contributed by atoms with E-state index in [1.807, 2.05) is 31.2 Å². The summed E-state index contributed by atoms with van der Waals surface area (Å²) in [6.45, 7) is 8.86. The Kier molecular flexibility index (Phi) is 9.25. The van der Waals surface area contributed by atoms with Crippen LogP contribution in [-0.4, -0.2) is 0 Å². The van der Waals surface area contributed by atoms with Crippen LogP contribution >= 0.6 is 0 Å². The van der Waals surface area contributed by atoms with Crippen LogP contribution in [0, 0.1) is 25.2 Å². The zero-order valence-corrected chi connectivity index (χ0v) is 11.8. The van der Waals surface area contributed by atoms with Crippen LogP contribution < -0.4 is 0 Å². The van der Waals surface area contributed by atoms with Crippen molar-refractivity contribution in [1.29, 1.82) is 0 Å². The largest absolute Gasteiger partial charge is 0.115 e. The molecule has 0 atom stereocenters. The molecular weight excluding hydrogens is 204 g/mol. The van der Waals surface area contributed by atoms with Crippen molar-refractivity contribution >= 4 is 0 Å². The van der Waals surface area contributed by atoms with Gasteiger partial charge in [-0.1, -0.05) is 70.6 Å². The van der Waals surface area contributed by atoms with Crippen LogP contribution in [0.15, 0.2) is 24.3 Å². The molecule has 0 heterocycles. The predicted octanol–water partition coefficient (Wildman–Crippen LogP) is 5.20. The minimum absolute atomic E-state index is 0.963. The summed E-state index contributed by atoms with van der Waals surface area (Å²) in [5.41, 5.74) is 2.15. The van der Waals surface area contributed by atoms with Gasteiger partial charge in [-0.2, -0.15) is 0 Å². The molecule has 0 fully saturated rings. The molecule has 0 N–H and O–H groups in total. The Morgan fingerprint density at radius 3 is 2.00 bits per heavy atom. The first-order valence-corrected chi connectivity index (χ1v) is 6.67. The van der Waals surface area contributed by atoms with Gasteiger partial charge in [0, 0.05) is 5.56 Å². The molecule has 0 spiro atoms. The van der Waals surface area contributed by atoms with Crippen LogP contribution in [0.3, 0.4) is 0 Å². The molecule has 0 aliphatic carbocycles. The lowest BCUT2D eigenvalue weighted by Gasteiger charge is -2.05. The van der Waals surface area contributed by atoms with E-state index in [4.69, 9.17) is 6.42 Å². The molecular formula is C17H26. The van der Waals surface area contributed by atoms with Gasteiger partial charge in [0.15, 0.2) is 0 Å². The number of rotatable bonds is 4. The van der Waals surface area contributed by atoms with E-state index in [0.29, 0.717) is 0 Å². The fourth-order valence-electron chi connectivity index (χ4n) is 1.86. The summed E-state index contributed by atoms with van der Waals surface area (Å²) in [7, 11) is 0. The molecule has 0 nitrogen and oxygen atoms in total. The van der Waals surface area contributed by atoms with Gasteiger partial charge >= 0.3 is 0 Å². The quantitative estimate of drug-likeness (QED) is 0.624. The summed E-state index contributed by atoms with van der Waals surface area (Å²) in [4.78, 5) is 0. The first-order valence-electron chi connectivity index (χ1n) is 6.67. The van der Waals surface area contributed by atoms with Gasteiger partial charge in [0.1, 0.15) is 0 Å². The molecule has 0 saturated heterocycles. The molecule has 0 amide bonds. The lowest BCUT2D eigenvalue weighted by Crippen LogP contribution is -1.91. The highest BCUT2D eigenvalue weighted by atomic mass is 14.0. The second-order valence-electron chi connectivity index (χ2n) is 4.64. The number of aryl methyl sites for hydroxylation is 1. The van der Waals surface area contributed by atoms with Gasteiger partial charge in [-0.15, -0.1) is 6.42 Å². The Balaban J connectivity index is 0.000000304. The van der Waals surface area contributed by atoms with E-state index in [0.717, 1.165) is 11.5 Å². The number of hydrogen-bond donors (Lipinski definition) is 0. The van der Waals surface area contributed by atoms with E-state index in [2.05, 4.69) is 26.7 Å². The Morgan fingerprint density at radius 1 is 1.12 bits per heavy atom. The fraction of sp³-hybridized carbons (Fsp3) is 0.529. The summed E-state index contributed by atoms with van der Waals surface area (Å²) < 4.78 is 0. The van der Waals surface area contributed by atoms with E-state index >= 15 is 0 Å². The van der Waals surface area contributed by atoms with Crippen molar-refractivity contribution in [2.75, 3.05) is 0 Å². The third-order valence-electron chi connectivity index (χ3n) is 2.86. The molecule has 0 aliphatic rings. The molecule has 0 radical (unpaired) electrons. The maximum Gasteiger partial charge on any atom is 0.0271 e. The highest BCUT2D eigenvalue weighted by Crippen LogP contribution is 2.10. The maximum atomic E-state index is 5.20. The molecule has 1 rings (SSSR count). The Labute approximate surface area is 107 Å². The van der Waals surface area contributed by atoms with E-state index in [1.165, 1.54) is 31.2 Å². The molecule has 0 heteroatoms. The topological polar surface area (TPSA) is 0 Å². The van der Waals surface area contributed by atoms with Crippen molar-refractivity contribution in [3.05, 3.63) is 35.4 Å². The van der Waals surface area contributed by atoms with Crippen LogP contribution in [0.4, 0.5) is 0 Å². The molecule has 17 heavy (non-hydrogen) atoms. The standard InChI is InChI=1S/C9H8.C8H18/c1-3-9-7-5-4-6-8(9)2;1-4-6-8(3)7-5-2/h1,4-7H,2H3;8H,4-7H2,1-3H3. The van der Waals surface area contributed by atoms with Crippen LogP contribution in [0.1, 0.15) is 57.6 Å². The molecule has 0 aromatic heterocycles. The van der Waals surface area contributed by atoms with Crippen LogP contribution in [0.5, 0.6) is 0 Å². The zero-order chi connectivity index (χ0) is 13.1. The highest BCUT2D eigenvalue weighted by Gasteiger charge is 1.95. The molecule has 94 valence electrons. The zero-order valence-electron chi connectivity index (χ0n) is 11.8. The molecule has 0 aliphatic heterocycles. The van der Waals surface area contributed by atoms with Crippen molar-refractivity contribution in [1.82, 2.24) is 0 Å². The van der Waals surface area contributed by atoms with Gasteiger partial charge in [0.05, 0.1) is 0 Å². The van der Waals surface area contributed by atoms with Gasteiger partial charge in [0.25, 0.3) is 0 Å². The average molecular weight is 230 g/mol. The highest BCUT2D eigenvalue weighted by molar-refractivity contribution is 5.38. The van der Waals surface area contributed by atoms with Gasteiger partial charge in [-0.3, -0.25) is 0 Å². The first kappa shape index (κ1) is 15.8. The maximum absolute atomic E-state index is 5.20. The first-order chi connectivity index (χ1) is 8.15. The van der Waals surface area contributed by atoms with Crippen molar-refractivity contribution < 1.29 is 0 Å². The smallest absolute Gasteiger partial charge is 0.0271 e. The minimum atomic E-state index is 0.963. The lowest BCUT2D eigenvalue weighted by atomic mass is 10.0. The van der Waals surface area contributed by atoms with E-state index in [9.17, 15) is 0 Å². The van der Waals surface area contributed by atoms with E-state index < -0.39 is 0 Å². The summed E-state index contributed by atoms with van der Waals surface area (Å²) in [6, 6.07) is 7.88. The average Bonchev–Trinajstić information content (AvgIpc) is 2.31. The van der Waals surface area contributed by atoms with Gasteiger partial charge in [-0.25, -0.2) is 0 Å². The molecule has 0 saturated carbocycles. The Bertz CT molecular complexity index is 324. The summed E-state index contributed by atoms with van der Waals surface area (Å²) in [5.74, 6) is 3.56. The van der Waals surface area contributed by atoms with E-state index in [-0.39, 0.29) is 0 Å². The summed E-state index contributed by atoms with van der Waals surface area (Å²) in [6.07, 6.45) is 10.7. The number of hydrogen-bond acceptors (Lipinski definition) is 0. The monoisotopic (exact) mass is 230 g/mol. The molecule has 0 bridgehead atoms. The third-order valence-corrected chi connectivity index (χ3v) is 2.86.